The van der Waals surface area contributed by atoms with E-state index in [-0.39, 0.29) is 76.4 Å². The first-order valence-electron chi connectivity index (χ1n) is 37.8. The van der Waals surface area contributed by atoms with E-state index < -0.39 is 30.1 Å². The third-order valence-electron chi connectivity index (χ3n) is 19.7. The molecule has 0 spiro atoms. The second-order valence-corrected chi connectivity index (χ2v) is 43.5. The first kappa shape index (κ1) is 89.2. The molecule has 0 bridgehead atoms. The van der Waals surface area contributed by atoms with Gasteiger partial charge in [0, 0.05) is 126 Å². The Morgan fingerprint density at radius 1 is 0.478 bits per heavy atom. The number of benzene rings is 3. The Morgan fingerprint density at radius 3 is 1.14 bits per heavy atom. The summed E-state index contributed by atoms with van der Waals surface area (Å²) in [7, 11) is -10.8. The fourth-order valence-corrected chi connectivity index (χ4v) is 23.6. The fourth-order valence-electron chi connectivity index (χ4n) is 14.2. The van der Waals surface area contributed by atoms with Crippen LogP contribution in [0.2, 0.25) is 0 Å². The molecule has 6 fully saturated rings. The van der Waals surface area contributed by atoms with E-state index in [1.807, 2.05) is 65.8 Å². The van der Waals surface area contributed by atoms with Crippen LogP contribution in [-0.2, 0) is 55.6 Å². The molecule has 6 aliphatic rings. The molecule has 8 N–H and O–H groups in total. The van der Waals surface area contributed by atoms with Crippen molar-refractivity contribution >= 4 is 150 Å². The summed E-state index contributed by atoms with van der Waals surface area (Å²) in [6.45, 7) is 14.3. The standard InChI is InChI=1S/C26H33N5O5S2.C23H30BrN3O4S2.C23H32N4O4S2.C3H4N2O.2BrH.Cu/c1-17(2)36-26(32)30-19-7-5-18(6-8-19)24-28-16-22(37-24)21-10-9-20(29-25-27-11-14-35-25)15-23(21)38(33,34)31-12-3-4-13-31;2*1-15(2)31-23(28)26-18-8-5-16(6-9-18)22-25-14-20(32-22)19-10-7-17(24)13-21(19)33(29,30)27-11-3-4-12-27;4-3-5-1-2-6-3;;;/h9-11,14-19H,3-8,12-13H2,1-2H3,(H,27,29)(H,30,32);7,10,13-16,18H,3-6,8-9,11-12H2,1-2H3,(H,26,28);7,10,13-16,18H,3-6,8-9,11-12,24H2,1-2H3,(H,26,28);1-2H,(H2,4,5);2*1H;/q;;;;;;+2/p-2. The summed E-state index contributed by atoms with van der Waals surface area (Å²) < 4.78 is 111. The summed E-state index contributed by atoms with van der Waals surface area (Å²) in [5.41, 5.74) is 14.0. The monoisotopic (exact) mass is 1910 g/mol. The van der Waals surface area contributed by atoms with Gasteiger partial charge in [-0.15, -0.1) is 34.0 Å². The molecule has 3 aliphatic heterocycles. The molecule has 3 saturated heterocycles. The SMILES string of the molecule is CC(C)OC(=O)NC1CCC(c2ncc(-c3ccc(Br)cc3S(=O)(=O)N3CCCC3)s2)CC1.CC(C)OC(=O)NC1CCC(c2ncc(-c3ccc(N)cc3S(=O)(=O)N3CCCC3)s2)CC1.CC(C)OC(=O)NC1CCC(c2ncc(-c3ccc(Nc4ncco4)cc3S(=O)(=O)N3CCCC3)s2)CC1.Nc1ncco1.[Br][Cu][Br]. The van der Waals surface area contributed by atoms with Crippen molar-refractivity contribution in [2.45, 2.75) is 226 Å². The predicted molar refractivity (Wildman–Crippen MR) is 447 cm³/mol. The van der Waals surface area contributed by atoms with Crippen LogP contribution in [0.5, 0.6) is 0 Å². The summed E-state index contributed by atoms with van der Waals surface area (Å²) in [6.07, 6.45) is 25.7. The van der Waals surface area contributed by atoms with Gasteiger partial charge in [-0.3, -0.25) is 0 Å². The molecule has 0 unspecified atom stereocenters. The number of carbonyl (C=O) groups is 3. The number of nitrogen functional groups attached to an aromatic ring is 2. The molecular formula is C75H99Br3CuN14O14S6. The normalized spacial score (nSPS) is 20.4. The van der Waals surface area contributed by atoms with Crippen LogP contribution in [0.4, 0.5) is 37.8 Å². The van der Waals surface area contributed by atoms with Crippen LogP contribution in [0.3, 0.4) is 0 Å². The molecular weight excluding hydrogens is 1820 g/mol. The van der Waals surface area contributed by atoms with Gasteiger partial charge in [0.1, 0.15) is 12.5 Å². The molecule has 8 heterocycles. The first-order valence-corrected chi connectivity index (χ1v) is 50.1. The molecule has 621 valence electrons. The van der Waals surface area contributed by atoms with Gasteiger partial charge in [-0.05, 0) is 194 Å². The maximum atomic E-state index is 13.7. The molecule has 3 saturated carbocycles. The third-order valence-corrected chi connectivity index (χ3v) is 29.6. The predicted octanol–water partition coefficient (Wildman–Crippen LogP) is 17.3. The number of anilines is 4. The number of alkyl carbamates (subject to hydrolysis) is 3. The van der Waals surface area contributed by atoms with E-state index in [2.05, 4.69) is 89.8 Å². The van der Waals surface area contributed by atoms with Gasteiger partial charge in [-0.2, -0.15) is 12.9 Å². The molecule has 0 atom stereocenters. The second kappa shape index (κ2) is 42.3. The Morgan fingerprint density at radius 2 is 0.814 bits per heavy atom. The number of amides is 3. The van der Waals surface area contributed by atoms with Gasteiger partial charge < -0.3 is 55.8 Å². The number of aromatic nitrogens is 5. The van der Waals surface area contributed by atoms with Crippen LogP contribution < -0.4 is 32.7 Å². The Hall–Kier alpha value is -6.13. The van der Waals surface area contributed by atoms with Crippen LogP contribution in [0.25, 0.3) is 31.3 Å². The van der Waals surface area contributed by atoms with Crippen molar-refractivity contribution in [3.8, 4) is 31.3 Å². The van der Waals surface area contributed by atoms with Crippen molar-refractivity contribution in [2.75, 3.05) is 56.1 Å². The van der Waals surface area contributed by atoms with Crippen LogP contribution in [0.1, 0.15) is 190 Å². The van der Waals surface area contributed by atoms with Crippen LogP contribution >= 0.6 is 78.2 Å². The van der Waals surface area contributed by atoms with Crippen LogP contribution in [0, 0.1) is 0 Å². The number of nitrogens with two attached hydrogens (primary N) is 2. The van der Waals surface area contributed by atoms with Gasteiger partial charge in [-0.25, -0.2) is 64.6 Å². The first-order chi connectivity index (χ1) is 54.1. The van der Waals surface area contributed by atoms with Gasteiger partial charge >= 0.3 is 57.8 Å². The van der Waals surface area contributed by atoms with E-state index in [9.17, 15) is 39.6 Å². The Labute approximate surface area is 702 Å². The molecule has 3 aliphatic carbocycles. The average molecular weight is 1920 g/mol. The van der Waals surface area contributed by atoms with E-state index in [0.29, 0.717) is 90.1 Å². The summed E-state index contributed by atoms with van der Waals surface area (Å²) in [4.78, 5) is 60.7. The number of hydrogen-bond acceptors (Lipinski definition) is 25. The third kappa shape index (κ3) is 25.2. The number of rotatable bonds is 20. The average Bonchev–Trinajstić information content (AvgIpc) is 1.18. The van der Waals surface area contributed by atoms with Crippen molar-refractivity contribution in [2.24, 2.45) is 0 Å². The van der Waals surface area contributed by atoms with Crippen molar-refractivity contribution in [1.82, 2.24) is 53.8 Å². The summed E-state index contributed by atoms with van der Waals surface area (Å²) in [5, 5.41) is 14.9. The Bertz CT molecular complexity index is 4560. The quantitative estimate of drug-likeness (QED) is 0.0234. The minimum absolute atomic E-state index is 0.0952. The van der Waals surface area contributed by atoms with Crippen molar-refractivity contribution in [1.29, 1.82) is 0 Å². The topological polar surface area (TPSA) is 382 Å². The minimum atomic E-state index is -3.69. The van der Waals surface area contributed by atoms with E-state index in [1.165, 1.54) is 36.3 Å². The zero-order valence-corrected chi connectivity index (χ0v) is 74.3. The number of nitrogens with zero attached hydrogens (tertiary/aromatic N) is 8. The van der Waals surface area contributed by atoms with Gasteiger partial charge in [0.2, 0.25) is 30.1 Å². The summed E-state index contributed by atoms with van der Waals surface area (Å²) >= 11 is 15.5. The van der Waals surface area contributed by atoms with Gasteiger partial charge in [0.05, 0.1) is 75.0 Å². The number of nitrogens with one attached hydrogen (secondary N) is 4. The van der Waals surface area contributed by atoms with Gasteiger partial charge in [-0.1, -0.05) is 34.1 Å². The van der Waals surface area contributed by atoms with Crippen LogP contribution in [0.15, 0.2) is 126 Å². The number of ether oxygens (including phenoxy) is 3. The molecule has 3 amide bonds. The molecule has 0 radical (unpaired) electrons. The van der Waals surface area contributed by atoms with E-state index >= 15 is 0 Å². The molecule has 113 heavy (non-hydrogen) atoms. The summed E-state index contributed by atoms with van der Waals surface area (Å²) in [6, 6.07) is 16.7. The number of thiazole rings is 3. The molecule has 8 aromatic rings. The number of sulfonamides is 3. The van der Waals surface area contributed by atoms with Crippen molar-refractivity contribution < 1.29 is 74.0 Å². The zero-order valence-electron chi connectivity index (χ0n) is 63.7. The molecule has 28 nitrogen and oxygen atoms in total. The zero-order chi connectivity index (χ0) is 81.0. The van der Waals surface area contributed by atoms with E-state index in [4.69, 9.17) is 35.1 Å². The number of hydrogen-bond donors (Lipinski definition) is 6. The molecule has 14 rings (SSSR count). The summed E-state index contributed by atoms with van der Waals surface area (Å²) in [5.74, 6) is 0.893. The van der Waals surface area contributed by atoms with E-state index in [0.717, 1.165) is 150 Å². The van der Waals surface area contributed by atoms with Crippen molar-refractivity contribution in [3.63, 3.8) is 0 Å². The molecule has 38 heteroatoms. The van der Waals surface area contributed by atoms with Crippen LogP contribution in [-0.4, -0.2) is 157 Å². The molecule has 5 aromatic heterocycles. The maximum absolute atomic E-state index is 13.7. The Balaban J connectivity index is 0.000000170. The second-order valence-electron chi connectivity index (χ2n) is 28.9. The number of oxazole rings is 2. The van der Waals surface area contributed by atoms with Gasteiger partial charge in [0.15, 0.2) is 0 Å². The number of halogens is 3. The van der Waals surface area contributed by atoms with Gasteiger partial charge in [0.25, 0.3) is 12.0 Å². The fraction of sp³-hybridized carbons (Fsp3) is 0.520. The molecule has 3 aromatic carbocycles. The van der Waals surface area contributed by atoms with E-state index in [1.54, 1.807) is 95.8 Å². The van der Waals surface area contributed by atoms with Crippen molar-refractivity contribution in [3.05, 3.63) is 118 Å². The Kier molecular flexibility index (Phi) is 33.4. The number of carbonyl (C=O) groups excluding carboxylic acids is 3.